The van der Waals surface area contributed by atoms with Crippen LogP contribution in [0.5, 0.6) is 0 Å². The van der Waals surface area contributed by atoms with Crippen LogP contribution in [-0.4, -0.2) is 49.1 Å². The molecule has 5 rings (SSSR count). The zero-order valence-corrected chi connectivity index (χ0v) is 20.0. The molecule has 1 N–H and O–H groups in total. The Morgan fingerprint density at radius 2 is 1.86 bits per heavy atom. The first-order valence-electron chi connectivity index (χ1n) is 12.1. The fraction of sp³-hybridized carbons (Fsp3) is 0.346. The number of anilines is 1. The number of carbonyl (C=O) groups excluding carboxylic acids is 2. The minimum Gasteiger partial charge on any atom is -0.351 e. The quantitative estimate of drug-likeness (QED) is 0.339. The van der Waals surface area contributed by atoms with E-state index in [0.717, 1.165) is 10.9 Å². The van der Waals surface area contributed by atoms with Gasteiger partial charge in [0.2, 0.25) is 5.91 Å². The summed E-state index contributed by atoms with van der Waals surface area (Å²) in [5, 5.41) is 5.19. The second-order valence-corrected chi connectivity index (χ2v) is 9.07. The minimum absolute atomic E-state index is 0.0642. The van der Waals surface area contributed by atoms with Crippen LogP contribution < -0.4 is 4.90 Å². The molecule has 0 fully saturated rings. The first kappa shape index (κ1) is 24.7. The SMILES string of the molecule is O=C(CCCC(F)(F)F)c1nn(C(=O)CCc2ccccc2)c2c1CN(c1ncnc3[nH]ccc13)CC2. The van der Waals surface area contributed by atoms with E-state index in [9.17, 15) is 22.8 Å². The van der Waals surface area contributed by atoms with Gasteiger partial charge >= 0.3 is 6.18 Å². The predicted octanol–water partition coefficient (Wildman–Crippen LogP) is 4.91. The van der Waals surface area contributed by atoms with Gasteiger partial charge in [0, 0.05) is 50.5 Å². The highest BCUT2D eigenvalue weighted by molar-refractivity contribution is 5.97. The molecule has 0 bridgehead atoms. The fourth-order valence-electron chi connectivity index (χ4n) is 4.71. The molecule has 0 atom stereocenters. The second-order valence-electron chi connectivity index (χ2n) is 9.07. The molecule has 8 nitrogen and oxygen atoms in total. The molecule has 4 aromatic rings. The number of hydrogen-bond acceptors (Lipinski definition) is 6. The number of hydrogen-bond donors (Lipinski definition) is 1. The van der Waals surface area contributed by atoms with Crippen molar-refractivity contribution in [1.29, 1.82) is 0 Å². The van der Waals surface area contributed by atoms with Crippen molar-refractivity contribution in [2.24, 2.45) is 0 Å². The molecule has 4 heterocycles. The summed E-state index contributed by atoms with van der Waals surface area (Å²) < 4.78 is 39.3. The molecule has 0 spiro atoms. The lowest BCUT2D eigenvalue weighted by atomic mass is 10.0. The van der Waals surface area contributed by atoms with Gasteiger partial charge in [-0.3, -0.25) is 9.59 Å². The number of halogens is 3. The molecule has 1 aromatic carbocycles. The molecule has 0 saturated carbocycles. The van der Waals surface area contributed by atoms with Crippen molar-refractivity contribution in [3.63, 3.8) is 0 Å². The maximum Gasteiger partial charge on any atom is 0.389 e. The number of aryl methyl sites for hydroxylation is 1. The van der Waals surface area contributed by atoms with E-state index >= 15 is 0 Å². The van der Waals surface area contributed by atoms with Crippen molar-refractivity contribution in [2.75, 3.05) is 11.4 Å². The first-order valence-corrected chi connectivity index (χ1v) is 12.1. The lowest BCUT2D eigenvalue weighted by Gasteiger charge is -2.29. The monoisotopic (exact) mass is 510 g/mol. The van der Waals surface area contributed by atoms with Crippen LogP contribution in [0.25, 0.3) is 11.0 Å². The van der Waals surface area contributed by atoms with Crippen LogP contribution >= 0.6 is 0 Å². The van der Waals surface area contributed by atoms with E-state index in [1.165, 1.54) is 11.0 Å². The molecule has 0 aliphatic carbocycles. The zero-order valence-electron chi connectivity index (χ0n) is 20.0. The Hall–Kier alpha value is -4.02. The number of ketones is 1. The second kappa shape index (κ2) is 10.2. The molecule has 0 unspecified atom stereocenters. The van der Waals surface area contributed by atoms with Gasteiger partial charge in [-0.25, -0.2) is 14.6 Å². The Morgan fingerprint density at radius 1 is 1.05 bits per heavy atom. The van der Waals surface area contributed by atoms with E-state index in [1.54, 1.807) is 6.20 Å². The Bertz CT molecular complexity index is 1430. The number of aromatic amines is 1. The van der Waals surface area contributed by atoms with Crippen molar-refractivity contribution >= 4 is 28.5 Å². The summed E-state index contributed by atoms with van der Waals surface area (Å²) in [4.78, 5) is 39.9. The summed E-state index contributed by atoms with van der Waals surface area (Å²) >= 11 is 0. The van der Waals surface area contributed by atoms with E-state index in [2.05, 4.69) is 20.1 Å². The Kier molecular flexibility index (Phi) is 6.77. The van der Waals surface area contributed by atoms with E-state index in [-0.39, 0.29) is 37.4 Å². The minimum atomic E-state index is -4.34. The molecule has 0 saturated heterocycles. The summed E-state index contributed by atoms with van der Waals surface area (Å²) in [6.45, 7) is 0.794. The third-order valence-corrected chi connectivity index (χ3v) is 6.52. The van der Waals surface area contributed by atoms with Crippen molar-refractivity contribution in [3.8, 4) is 0 Å². The lowest BCUT2D eigenvalue weighted by Crippen LogP contribution is -2.33. The van der Waals surface area contributed by atoms with Gasteiger partial charge in [0.25, 0.3) is 0 Å². The Morgan fingerprint density at radius 3 is 2.65 bits per heavy atom. The van der Waals surface area contributed by atoms with E-state index < -0.39 is 18.4 Å². The topological polar surface area (TPSA) is 96.8 Å². The number of Topliss-reactive ketones (excluding diaryl/α,β-unsaturated/α-hetero) is 1. The molecule has 3 aromatic heterocycles. The van der Waals surface area contributed by atoms with Crippen LogP contribution in [0.4, 0.5) is 19.0 Å². The van der Waals surface area contributed by atoms with Gasteiger partial charge in [-0.15, -0.1) is 0 Å². The van der Waals surface area contributed by atoms with Crippen LogP contribution in [0, 0.1) is 0 Å². The van der Waals surface area contributed by atoms with Crippen LogP contribution in [0.1, 0.15) is 57.8 Å². The summed E-state index contributed by atoms with van der Waals surface area (Å²) in [7, 11) is 0. The standard InChI is InChI=1S/C26H25F3N6O2/c27-26(28,29)12-4-7-21(36)23-19-15-34(25-18-10-13-30-24(18)31-16-32-25)14-11-20(19)35(33-23)22(37)9-8-17-5-2-1-3-6-17/h1-3,5-6,10,13,16H,4,7-9,11-12,14-15H2,(H,30,31,32). The van der Waals surface area contributed by atoms with Crippen LogP contribution in [0.3, 0.4) is 0 Å². The number of alkyl halides is 3. The van der Waals surface area contributed by atoms with E-state index in [0.29, 0.717) is 42.1 Å². The number of nitrogens with zero attached hydrogens (tertiary/aromatic N) is 5. The van der Waals surface area contributed by atoms with Gasteiger partial charge in [0.05, 0.1) is 11.1 Å². The molecule has 0 radical (unpaired) electrons. The summed E-state index contributed by atoms with van der Waals surface area (Å²) in [5.74, 6) is -0.0695. The number of fused-ring (bicyclic) bond motifs is 2. The number of aromatic nitrogens is 5. The lowest BCUT2D eigenvalue weighted by molar-refractivity contribution is -0.135. The Labute approximate surface area is 210 Å². The van der Waals surface area contributed by atoms with Crippen LogP contribution in [0.2, 0.25) is 0 Å². The highest BCUT2D eigenvalue weighted by Gasteiger charge is 2.32. The van der Waals surface area contributed by atoms with Crippen LogP contribution in [-0.2, 0) is 19.4 Å². The first-order chi connectivity index (χ1) is 17.8. The molecule has 192 valence electrons. The fourth-order valence-corrected chi connectivity index (χ4v) is 4.71. The number of rotatable bonds is 8. The zero-order chi connectivity index (χ0) is 26.0. The maximum atomic E-state index is 13.2. The highest BCUT2D eigenvalue weighted by Crippen LogP contribution is 2.31. The van der Waals surface area contributed by atoms with Gasteiger partial charge in [-0.05, 0) is 24.5 Å². The third-order valence-electron chi connectivity index (χ3n) is 6.52. The molecule has 37 heavy (non-hydrogen) atoms. The largest absolute Gasteiger partial charge is 0.389 e. The molecular weight excluding hydrogens is 485 g/mol. The van der Waals surface area contributed by atoms with Crippen molar-refractivity contribution in [3.05, 3.63) is 71.4 Å². The molecule has 1 aliphatic heterocycles. The smallest absolute Gasteiger partial charge is 0.351 e. The predicted molar refractivity (Wildman–Crippen MR) is 130 cm³/mol. The van der Waals surface area contributed by atoms with Crippen molar-refractivity contribution in [1.82, 2.24) is 24.7 Å². The molecular formula is C26H25F3N6O2. The maximum absolute atomic E-state index is 13.2. The van der Waals surface area contributed by atoms with Gasteiger partial charge < -0.3 is 9.88 Å². The number of H-pyrrole nitrogens is 1. The average molecular weight is 511 g/mol. The number of benzene rings is 1. The van der Waals surface area contributed by atoms with Crippen LogP contribution in [0.15, 0.2) is 48.9 Å². The average Bonchev–Trinajstić information content (AvgIpc) is 3.52. The van der Waals surface area contributed by atoms with Gasteiger partial charge in [-0.2, -0.15) is 18.3 Å². The molecule has 1 aliphatic rings. The number of nitrogens with one attached hydrogen (secondary N) is 1. The highest BCUT2D eigenvalue weighted by atomic mass is 19.4. The third kappa shape index (κ3) is 5.40. The molecule has 0 amide bonds. The summed E-state index contributed by atoms with van der Waals surface area (Å²) in [6.07, 6.45) is -1.65. The molecule has 11 heteroatoms. The van der Waals surface area contributed by atoms with E-state index in [4.69, 9.17) is 0 Å². The van der Waals surface area contributed by atoms with Gasteiger partial charge in [0.1, 0.15) is 23.5 Å². The number of carbonyl (C=O) groups is 2. The normalized spacial score (nSPS) is 13.6. The summed E-state index contributed by atoms with van der Waals surface area (Å²) in [5.41, 5.74) is 2.94. The van der Waals surface area contributed by atoms with Gasteiger partial charge in [-0.1, -0.05) is 30.3 Å². The van der Waals surface area contributed by atoms with Gasteiger partial charge in [0.15, 0.2) is 5.78 Å². The summed E-state index contributed by atoms with van der Waals surface area (Å²) in [6, 6.07) is 11.4. The van der Waals surface area contributed by atoms with Crippen molar-refractivity contribution in [2.45, 2.75) is 51.2 Å². The Balaban J connectivity index is 1.43. The van der Waals surface area contributed by atoms with E-state index in [1.807, 2.05) is 41.3 Å². The van der Waals surface area contributed by atoms with Crippen molar-refractivity contribution < 1.29 is 22.8 Å².